The number of sulfonamides is 1. The predicted octanol–water partition coefficient (Wildman–Crippen LogP) is 1.34. The predicted molar refractivity (Wildman–Crippen MR) is 89.1 cm³/mol. The molecule has 0 aromatic heterocycles. The highest BCUT2D eigenvalue weighted by Crippen LogP contribution is 2.13. The lowest BCUT2D eigenvalue weighted by Crippen LogP contribution is -2.42. The van der Waals surface area contributed by atoms with Crippen LogP contribution in [0.25, 0.3) is 0 Å². The summed E-state index contributed by atoms with van der Waals surface area (Å²) in [4.78, 5) is 11.3. The van der Waals surface area contributed by atoms with Gasteiger partial charge in [0.1, 0.15) is 0 Å². The van der Waals surface area contributed by atoms with Gasteiger partial charge in [-0.25, -0.2) is 17.9 Å². The van der Waals surface area contributed by atoms with Gasteiger partial charge in [-0.15, -0.1) is 0 Å². The van der Waals surface area contributed by atoms with Gasteiger partial charge in [0, 0.05) is 24.2 Å². The molecule has 130 valence electrons. The van der Waals surface area contributed by atoms with Crippen molar-refractivity contribution in [3.63, 3.8) is 0 Å². The van der Waals surface area contributed by atoms with E-state index < -0.39 is 16.1 Å². The van der Waals surface area contributed by atoms with Crippen molar-refractivity contribution in [2.45, 2.75) is 24.8 Å². The van der Waals surface area contributed by atoms with Crippen LogP contribution in [0.3, 0.4) is 0 Å². The highest BCUT2D eigenvalue weighted by molar-refractivity contribution is 7.90. The van der Waals surface area contributed by atoms with Gasteiger partial charge in [-0.3, -0.25) is 0 Å². The van der Waals surface area contributed by atoms with Crippen LogP contribution in [-0.2, 0) is 14.8 Å². The topological polar surface area (TPSA) is 96.5 Å². The van der Waals surface area contributed by atoms with Crippen LogP contribution in [0.2, 0.25) is 5.02 Å². The summed E-state index contributed by atoms with van der Waals surface area (Å²) in [5.74, 6) is 0. The standard InChI is InChI=1S/C10H13ClN2O3S.C4H9NO/c1-7(2)12-10(14)13-17(15,16)9-5-3-8(11)4-6-9;1-3-6-4-2-5-1/h3-7H,1-2H3,(H2,12,13,14);5H,1-4H2. The maximum Gasteiger partial charge on any atom is 0.328 e. The molecule has 0 radical (unpaired) electrons. The number of amides is 2. The average Bonchev–Trinajstić information content (AvgIpc) is 2.48. The highest BCUT2D eigenvalue weighted by Gasteiger charge is 2.17. The molecule has 0 saturated carbocycles. The number of hydrogen-bond acceptors (Lipinski definition) is 5. The zero-order chi connectivity index (χ0) is 17.3. The third kappa shape index (κ3) is 8.17. The number of hydrogen-bond donors (Lipinski definition) is 3. The van der Waals surface area contributed by atoms with E-state index in [1.165, 1.54) is 24.3 Å². The summed E-state index contributed by atoms with van der Waals surface area (Å²) in [6.07, 6.45) is 0. The van der Waals surface area contributed by atoms with E-state index in [4.69, 9.17) is 16.3 Å². The summed E-state index contributed by atoms with van der Waals surface area (Å²) in [6, 6.07) is 4.64. The third-order valence-electron chi connectivity index (χ3n) is 2.62. The molecule has 1 aliphatic rings. The Hall–Kier alpha value is -1.35. The van der Waals surface area contributed by atoms with Crippen molar-refractivity contribution in [2.24, 2.45) is 0 Å². The monoisotopic (exact) mass is 363 g/mol. The Balaban J connectivity index is 0.000000366. The largest absolute Gasteiger partial charge is 0.379 e. The summed E-state index contributed by atoms with van der Waals surface area (Å²) in [5, 5.41) is 6.01. The van der Waals surface area contributed by atoms with E-state index in [1.54, 1.807) is 13.8 Å². The molecule has 3 N–H and O–H groups in total. The molecule has 0 aliphatic carbocycles. The normalized spacial score (nSPS) is 14.6. The maximum atomic E-state index is 11.7. The molecule has 0 spiro atoms. The van der Waals surface area contributed by atoms with Crippen molar-refractivity contribution in [3.8, 4) is 0 Å². The fourth-order valence-corrected chi connectivity index (χ4v) is 2.64. The number of nitrogens with one attached hydrogen (secondary N) is 3. The van der Waals surface area contributed by atoms with Crippen molar-refractivity contribution in [1.29, 1.82) is 0 Å². The van der Waals surface area contributed by atoms with Crippen LogP contribution in [0.1, 0.15) is 13.8 Å². The molecule has 9 heteroatoms. The molecule has 1 aliphatic heterocycles. The van der Waals surface area contributed by atoms with Gasteiger partial charge >= 0.3 is 6.03 Å². The molecule has 1 aromatic carbocycles. The Morgan fingerprint density at radius 2 is 1.78 bits per heavy atom. The van der Waals surface area contributed by atoms with Crippen molar-refractivity contribution in [3.05, 3.63) is 29.3 Å². The maximum absolute atomic E-state index is 11.7. The molecule has 0 atom stereocenters. The Morgan fingerprint density at radius 3 is 2.17 bits per heavy atom. The van der Waals surface area contributed by atoms with Gasteiger partial charge < -0.3 is 15.4 Å². The molecule has 1 fully saturated rings. The Morgan fingerprint density at radius 1 is 1.22 bits per heavy atom. The first-order valence-corrected chi connectivity index (χ1v) is 9.05. The fraction of sp³-hybridized carbons (Fsp3) is 0.500. The number of morpholine rings is 1. The number of rotatable bonds is 3. The van der Waals surface area contributed by atoms with E-state index in [1.807, 2.05) is 4.72 Å². The minimum atomic E-state index is -3.84. The summed E-state index contributed by atoms with van der Waals surface area (Å²) in [5.41, 5.74) is 0. The fourth-order valence-electron chi connectivity index (χ4n) is 1.60. The van der Waals surface area contributed by atoms with Gasteiger partial charge in [-0.1, -0.05) is 11.6 Å². The van der Waals surface area contributed by atoms with Gasteiger partial charge in [0.25, 0.3) is 10.0 Å². The summed E-state index contributed by atoms with van der Waals surface area (Å²) in [6.45, 7) is 7.29. The van der Waals surface area contributed by atoms with Gasteiger partial charge in [0.05, 0.1) is 18.1 Å². The van der Waals surface area contributed by atoms with Crippen molar-refractivity contribution < 1.29 is 17.9 Å². The zero-order valence-electron chi connectivity index (χ0n) is 13.1. The van der Waals surface area contributed by atoms with Crippen LogP contribution >= 0.6 is 11.6 Å². The third-order valence-corrected chi connectivity index (χ3v) is 4.22. The van der Waals surface area contributed by atoms with E-state index >= 15 is 0 Å². The number of benzene rings is 1. The molecular weight excluding hydrogens is 342 g/mol. The van der Waals surface area contributed by atoms with Crippen LogP contribution in [0.15, 0.2) is 29.2 Å². The van der Waals surface area contributed by atoms with E-state index in [-0.39, 0.29) is 10.9 Å². The molecule has 0 bridgehead atoms. The number of carbonyl (C=O) groups excluding carboxylic acids is 1. The lowest BCUT2D eigenvalue weighted by Gasteiger charge is -2.10. The average molecular weight is 364 g/mol. The van der Waals surface area contributed by atoms with Crippen molar-refractivity contribution >= 4 is 27.7 Å². The molecule has 2 amide bonds. The van der Waals surface area contributed by atoms with Gasteiger partial charge in [0.2, 0.25) is 0 Å². The van der Waals surface area contributed by atoms with Crippen LogP contribution in [-0.4, -0.2) is 46.8 Å². The molecule has 23 heavy (non-hydrogen) atoms. The number of urea groups is 1. The number of carbonyl (C=O) groups is 1. The summed E-state index contributed by atoms with van der Waals surface area (Å²) < 4.78 is 30.4. The Bertz CT molecular complexity index is 575. The first-order chi connectivity index (χ1) is 10.8. The lowest BCUT2D eigenvalue weighted by molar-refractivity contribution is 0.109. The van der Waals surface area contributed by atoms with Crippen LogP contribution < -0.4 is 15.4 Å². The second-order valence-electron chi connectivity index (χ2n) is 5.05. The highest BCUT2D eigenvalue weighted by atomic mass is 35.5. The van der Waals surface area contributed by atoms with E-state index in [2.05, 4.69) is 10.6 Å². The van der Waals surface area contributed by atoms with E-state index in [0.29, 0.717) is 5.02 Å². The van der Waals surface area contributed by atoms with Crippen LogP contribution in [0.5, 0.6) is 0 Å². The van der Waals surface area contributed by atoms with Crippen molar-refractivity contribution in [1.82, 2.24) is 15.4 Å². The number of halogens is 1. The second kappa shape index (κ2) is 9.71. The lowest BCUT2D eigenvalue weighted by atomic mass is 10.4. The van der Waals surface area contributed by atoms with E-state index in [9.17, 15) is 13.2 Å². The number of ether oxygens (including phenoxy) is 1. The van der Waals surface area contributed by atoms with E-state index in [0.717, 1.165) is 26.3 Å². The molecule has 1 aromatic rings. The first kappa shape index (κ1) is 19.7. The van der Waals surface area contributed by atoms with Gasteiger partial charge in [-0.05, 0) is 38.1 Å². The minimum absolute atomic E-state index is 0.0131. The van der Waals surface area contributed by atoms with Crippen molar-refractivity contribution in [2.75, 3.05) is 26.3 Å². The van der Waals surface area contributed by atoms with Gasteiger partial charge in [-0.2, -0.15) is 0 Å². The Kier molecular flexibility index (Phi) is 8.32. The molecule has 7 nitrogen and oxygen atoms in total. The summed E-state index contributed by atoms with van der Waals surface area (Å²) in [7, 11) is -3.84. The molecular formula is C14H22ClN3O4S. The molecule has 1 heterocycles. The SMILES string of the molecule is C1COCCN1.CC(C)NC(=O)NS(=O)(=O)c1ccc(Cl)cc1. The second-order valence-corrected chi connectivity index (χ2v) is 7.17. The van der Waals surface area contributed by atoms with Crippen LogP contribution in [0.4, 0.5) is 4.79 Å². The first-order valence-electron chi connectivity index (χ1n) is 7.18. The quantitative estimate of drug-likeness (QED) is 0.753. The Labute approximate surface area is 141 Å². The van der Waals surface area contributed by atoms with Crippen LogP contribution in [0, 0.1) is 0 Å². The smallest absolute Gasteiger partial charge is 0.328 e. The molecule has 1 saturated heterocycles. The molecule has 0 unspecified atom stereocenters. The zero-order valence-corrected chi connectivity index (χ0v) is 14.7. The van der Waals surface area contributed by atoms with Gasteiger partial charge in [0.15, 0.2) is 0 Å². The summed E-state index contributed by atoms with van der Waals surface area (Å²) >= 11 is 5.64. The minimum Gasteiger partial charge on any atom is -0.379 e. The molecule has 2 rings (SSSR count).